The normalized spacial score (nSPS) is 13.0. The molecule has 2 heterocycles. The molecule has 3 N–H and O–H groups in total. The Bertz CT molecular complexity index is 1070. The second-order valence-corrected chi connectivity index (χ2v) is 6.06. The number of H-pyrrole nitrogens is 1. The Hall–Kier alpha value is -3.61. The number of aromatic amines is 1. The summed E-state index contributed by atoms with van der Waals surface area (Å²) in [5, 5.41) is 6.39. The molecule has 3 aromatic rings. The maximum atomic E-state index is 13.2. The van der Waals surface area contributed by atoms with Gasteiger partial charge in [0, 0.05) is 23.4 Å². The minimum absolute atomic E-state index is 0.0809. The number of ether oxygens (including phenoxy) is 2. The number of hydrogen-bond acceptors (Lipinski definition) is 6. The number of halogens is 6. The standard InChI is InChI=1S/C18H12F6N4O3/c19-17(20,21)13-5-10(15(25)31-16(29)18(22,23)24)6-14(28-13)30-12-3-1-2-9(4-12)11-7-26-27-8-11/h1-8,15H,25H2,(H,26,27). The maximum Gasteiger partial charge on any atom is 0.490 e. The third-order valence-corrected chi connectivity index (χ3v) is 3.80. The predicted molar refractivity (Wildman–Crippen MR) is 92.4 cm³/mol. The first-order valence-electron chi connectivity index (χ1n) is 8.33. The van der Waals surface area contributed by atoms with E-state index in [2.05, 4.69) is 19.9 Å². The highest BCUT2D eigenvalue weighted by molar-refractivity contribution is 5.75. The van der Waals surface area contributed by atoms with Crippen molar-refractivity contribution in [2.24, 2.45) is 5.73 Å². The fourth-order valence-electron chi connectivity index (χ4n) is 2.41. The van der Waals surface area contributed by atoms with Crippen LogP contribution >= 0.6 is 0 Å². The van der Waals surface area contributed by atoms with Crippen LogP contribution in [0.3, 0.4) is 0 Å². The lowest BCUT2D eigenvalue weighted by molar-refractivity contribution is -0.205. The smallest absolute Gasteiger partial charge is 0.439 e. The van der Waals surface area contributed by atoms with Gasteiger partial charge in [-0.1, -0.05) is 12.1 Å². The molecule has 164 valence electrons. The Labute approximate surface area is 169 Å². The van der Waals surface area contributed by atoms with Gasteiger partial charge in [0.2, 0.25) is 5.88 Å². The Morgan fingerprint density at radius 1 is 1.06 bits per heavy atom. The molecular weight excluding hydrogens is 434 g/mol. The lowest BCUT2D eigenvalue weighted by Crippen LogP contribution is -2.30. The topological polar surface area (TPSA) is 103 Å². The van der Waals surface area contributed by atoms with E-state index in [0.717, 1.165) is 6.07 Å². The summed E-state index contributed by atoms with van der Waals surface area (Å²) >= 11 is 0. The van der Waals surface area contributed by atoms with E-state index < -0.39 is 41.7 Å². The molecule has 0 fully saturated rings. The van der Waals surface area contributed by atoms with Crippen molar-refractivity contribution in [3.8, 4) is 22.8 Å². The average Bonchev–Trinajstić information content (AvgIpc) is 3.21. The number of pyridine rings is 1. The number of carbonyl (C=O) groups excluding carboxylic acids is 1. The molecule has 3 rings (SSSR count). The monoisotopic (exact) mass is 446 g/mol. The summed E-state index contributed by atoms with van der Waals surface area (Å²) in [7, 11) is 0. The van der Waals surface area contributed by atoms with Crippen LogP contribution in [0.2, 0.25) is 0 Å². The number of benzene rings is 1. The number of esters is 1. The zero-order chi connectivity index (χ0) is 22.8. The number of aromatic nitrogens is 3. The minimum atomic E-state index is -5.37. The van der Waals surface area contributed by atoms with Crippen molar-refractivity contribution in [2.45, 2.75) is 18.6 Å². The van der Waals surface area contributed by atoms with Gasteiger partial charge in [0.15, 0.2) is 6.23 Å². The van der Waals surface area contributed by atoms with Gasteiger partial charge in [-0.05, 0) is 23.8 Å². The van der Waals surface area contributed by atoms with Crippen LogP contribution in [-0.2, 0) is 15.7 Å². The molecule has 0 amide bonds. The molecule has 1 atom stereocenters. The first kappa shape index (κ1) is 22.1. The molecule has 13 heteroatoms. The molecule has 0 radical (unpaired) electrons. The van der Waals surface area contributed by atoms with Gasteiger partial charge in [0.1, 0.15) is 11.4 Å². The molecule has 2 aromatic heterocycles. The zero-order valence-electron chi connectivity index (χ0n) is 15.2. The number of rotatable bonds is 5. The average molecular weight is 446 g/mol. The molecule has 31 heavy (non-hydrogen) atoms. The quantitative estimate of drug-likeness (QED) is 0.343. The van der Waals surface area contributed by atoms with E-state index in [1.807, 2.05) is 0 Å². The van der Waals surface area contributed by atoms with Crippen LogP contribution in [-0.4, -0.2) is 27.3 Å². The first-order valence-corrected chi connectivity index (χ1v) is 8.33. The van der Waals surface area contributed by atoms with Gasteiger partial charge < -0.3 is 9.47 Å². The summed E-state index contributed by atoms with van der Waals surface area (Å²) in [6, 6.07) is 7.36. The van der Waals surface area contributed by atoms with E-state index in [1.165, 1.54) is 18.3 Å². The van der Waals surface area contributed by atoms with Crippen LogP contribution in [0, 0.1) is 0 Å². The zero-order valence-corrected chi connectivity index (χ0v) is 15.2. The van der Waals surface area contributed by atoms with Crippen LogP contribution in [0.1, 0.15) is 17.5 Å². The van der Waals surface area contributed by atoms with Gasteiger partial charge in [0.05, 0.1) is 6.20 Å². The molecule has 0 aliphatic heterocycles. The van der Waals surface area contributed by atoms with Gasteiger partial charge in [-0.2, -0.15) is 31.4 Å². The van der Waals surface area contributed by atoms with E-state index in [1.54, 1.807) is 18.3 Å². The van der Waals surface area contributed by atoms with Crippen LogP contribution in [0.5, 0.6) is 11.6 Å². The predicted octanol–water partition coefficient (Wildman–Crippen LogP) is 4.35. The molecule has 7 nitrogen and oxygen atoms in total. The number of nitrogens with one attached hydrogen (secondary N) is 1. The molecule has 0 aliphatic carbocycles. The van der Waals surface area contributed by atoms with Gasteiger partial charge >= 0.3 is 18.3 Å². The molecule has 1 unspecified atom stereocenters. The first-order chi connectivity index (χ1) is 14.4. The molecule has 1 aromatic carbocycles. The van der Waals surface area contributed by atoms with Crippen molar-refractivity contribution in [1.29, 1.82) is 0 Å². The van der Waals surface area contributed by atoms with Crippen LogP contribution in [0.15, 0.2) is 48.8 Å². The maximum absolute atomic E-state index is 13.2. The van der Waals surface area contributed by atoms with Crippen LogP contribution in [0.4, 0.5) is 26.3 Å². The molecule has 0 spiro atoms. The summed E-state index contributed by atoms with van der Waals surface area (Å²) < 4.78 is 86.0. The number of nitrogens with zero attached hydrogens (tertiary/aromatic N) is 2. The van der Waals surface area contributed by atoms with Crippen molar-refractivity contribution in [3.05, 3.63) is 60.0 Å². The molecular formula is C18H12F6N4O3. The summed E-state index contributed by atoms with van der Waals surface area (Å²) in [5.74, 6) is -3.19. The van der Waals surface area contributed by atoms with Gasteiger partial charge in [-0.15, -0.1) is 0 Å². The number of alkyl halides is 6. The summed E-state index contributed by atoms with van der Waals surface area (Å²) in [6.07, 6.45) is -9.40. The summed E-state index contributed by atoms with van der Waals surface area (Å²) in [6.45, 7) is 0. The Balaban J connectivity index is 1.92. The highest BCUT2D eigenvalue weighted by Gasteiger charge is 2.42. The van der Waals surface area contributed by atoms with Crippen molar-refractivity contribution in [2.75, 3.05) is 0 Å². The molecule has 0 saturated carbocycles. The Kier molecular flexibility index (Phi) is 5.88. The number of hydrogen-bond donors (Lipinski definition) is 2. The Morgan fingerprint density at radius 2 is 1.81 bits per heavy atom. The third kappa shape index (κ3) is 5.51. The number of carbonyl (C=O) groups is 1. The van der Waals surface area contributed by atoms with E-state index in [4.69, 9.17) is 10.5 Å². The van der Waals surface area contributed by atoms with Crippen molar-refractivity contribution in [3.63, 3.8) is 0 Å². The molecule has 0 bridgehead atoms. The van der Waals surface area contributed by atoms with Crippen LogP contribution < -0.4 is 10.5 Å². The second-order valence-electron chi connectivity index (χ2n) is 6.06. The van der Waals surface area contributed by atoms with Crippen molar-refractivity contribution >= 4 is 5.97 Å². The fourth-order valence-corrected chi connectivity index (χ4v) is 2.41. The largest absolute Gasteiger partial charge is 0.490 e. The van der Waals surface area contributed by atoms with E-state index in [0.29, 0.717) is 17.2 Å². The van der Waals surface area contributed by atoms with Gasteiger partial charge in [-0.25, -0.2) is 9.78 Å². The van der Waals surface area contributed by atoms with E-state index in [9.17, 15) is 31.1 Å². The van der Waals surface area contributed by atoms with E-state index in [-0.39, 0.29) is 5.75 Å². The lowest BCUT2D eigenvalue weighted by atomic mass is 10.1. The third-order valence-electron chi connectivity index (χ3n) is 3.80. The second kappa shape index (κ2) is 8.26. The van der Waals surface area contributed by atoms with Gasteiger partial charge in [-0.3, -0.25) is 10.8 Å². The highest BCUT2D eigenvalue weighted by Crippen LogP contribution is 2.34. The molecule has 0 aliphatic rings. The molecule has 0 saturated heterocycles. The van der Waals surface area contributed by atoms with Crippen molar-refractivity contribution in [1.82, 2.24) is 15.2 Å². The van der Waals surface area contributed by atoms with Crippen molar-refractivity contribution < 1.29 is 40.6 Å². The SMILES string of the molecule is NC(OC(=O)C(F)(F)F)c1cc(Oc2cccc(-c3cn[nH]c3)c2)nc(C(F)(F)F)c1. The Morgan fingerprint density at radius 3 is 2.42 bits per heavy atom. The number of nitrogens with two attached hydrogens (primary N) is 1. The van der Waals surface area contributed by atoms with Gasteiger partial charge in [0.25, 0.3) is 0 Å². The summed E-state index contributed by atoms with van der Waals surface area (Å²) in [4.78, 5) is 14.3. The fraction of sp³-hybridized carbons (Fsp3) is 0.167. The van der Waals surface area contributed by atoms with E-state index >= 15 is 0 Å². The minimum Gasteiger partial charge on any atom is -0.439 e. The summed E-state index contributed by atoms with van der Waals surface area (Å²) in [5.41, 5.74) is 4.55. The van der Waals surface area contributed by atoms with Crippen LogP contribution in [0.25, 0.3) is 11.1 Å². The highest BCUT2D eigenvalue weighted by atomic mass is 19.4. The lowest BCUT2D eigenvalue weighted by Gasteiger charge is -2.17.